The maximum Gasteiger partial charge on any atom is 0.118 e. The van der Waals surface area contributed by atoms with Crippen molar-refractivity contribution in [2.45, 2.75) is 0 Å². The van der Waals surface area contributed by atoms with Gasteiger partial charge in [-0.3, -0.25) is 0 Å². The second kappa shape index (κ2) is 6.49. The van der Waals surface area contributed by atoms with Crippen molar-refractivity contribution in [3.05, 3.63) is 58.6 Å². The Morgan fingerprint density at radius 3 is 2.25 bits per heavy atom. The number of nitrogens with zero attached hydrogens (tertiary/aromatic N) is 1. The minimum atomic E-state index is 0.751. The molecule has 0 N–H and O–H groups in total. The fraction of sp³-hybridized carbons (Fsp3) is 0.176. The van der Waals surface area contributed by atoms with Gasteiger partial charge in [-0.25, -0.2) is 0 Å². The molecule has 2 aromatic carbocycles. The van der Waals surface area contributed by atoms with Crippen molar-refractivity contribution in [3.8, 4) is 5.75 Å². The Bertz CT molecular complexity index is 603. The van der Waals surface area contributed by atoms with E-state index in [4.69, 9.17) is 16.3 Å². The molecule has 0 saturated heterocycles. The average Bonchev–Trinajstić information content (AvgIpc) is 2.46. The molecule has 0 unspecified atom stereocenters. The smallest absolute Gasteiger partial charge is 0.118 e. The summed E-state index contributed by atoms with van der Waals surface area (Å²) in [7, 11) is 5.66. The highest BCUT2D eigenvalue weighted by molar-refractivity contribution is 6.32. The second-order valence-electron chi connectivity index (χ2n) is 4.71. The van der Waals surface area contributed by atoms with Crippen molar-refractivity contribution in [1.82, 2.24) is 0 Å². The van der Waals surface area contributed by atoms with Crippen LogP contribution in [-0.4, -0.2) is 21.2 Å². The van der Waals surface area contributed by atoms with Crippen LogP contribution in [0.15, 0.2) is 42.5 Å². The molecular formula is C17H18ClNO. The van der Waals surface area contributed by atoms with Gasteiger partial charge in [-0.15, -0.1) is 0 Å². The van der Waals surface area contributed by atoms with E-state index in [-0.39, 0.29) is 0 Å². The highest BCUT2D eigenvalue weighted by Gasteiger charge is 2.00. The maximum atomic E-state index is 6.29. The number of rotatable bonds is 4. The van der Waals surface area contributed by atoms with Gasteiger partial charge in [-0.05, 0) is 35.4 Å². The third-order valence-electron chi connectivity index (χ3n) is 3.07. The molecule has 2 rings (SSSR count). The molecule has 2 aromatic rings. The molecule has 20 heavy (non-hydrogen) atoms. The predicted molar refractivity (Wildman–Crippen MR) is 87.7 cm³/mol. The van der Waals surface area contributed by atoms with Crippen LogP contribution in [0.3, 0.4) is 0 Å². The van der Waals surface area contributed by atoms with Crippen LogP contribution in [0.4, 0.5) is 5.69 Å². The molecule has 3 heteroatoms. The van der Waals surface area contributed by atoms with E-state index in [1.54, 1.807) is 7.11 Å². The summed E-state index contributed by atoms with van der Waals surface area (Å²) in [5.74, 6) is 0.857. The van der Waals surface area contributed by atoms with E-state index >= 15 is 0 Å². The maximum absolute atomic E-state index is 6.29. The third-order valence-corrected chi connectivity index (χ3v) is 3.40. The summed E-state index contributed by atoms with van der Waals surface area (Å²) >= 11 is 6.29. The average molecular weight is 288 g/mol. The molecule has 0 spiro atoms. The lowest BCUT2D eigenvalue weighted by atomic mass is 10.1. The summed E-state index contributed by atoms with van der Waals surface area (Å²) in [5, 5.41) is 0.751. The number of methoxy groups -OCH3 is 1. The van der Waals surface area contributed by atoms with E-state index in [9.17, 15) is 0 Å². The van der Waals surface area contributed by atoms with E-state index in [0.29, 0.717) is 0 Å². The summed E-state index contributed by atoms with van der Waals surface area (Å²) in [5.41, 5.74) is 3.21. The zero-order valence-corrected chi connectivity index (χ0v) is 12.7. The topological polar surface area (TPSA) is 12.5 Å². The van der Waals surface area contributed by atoms with Crippen molar-refractivity contribution in [3.63, 3.8) is 0 Å². The fourth-order valence-electron chi connectivity index (χ4n) is 1.83. The molecule has 0 aliphatic carbocycles. The number of benzene rings is 2. The Morgan fingerprint density at radius 1 is 1.00 bits per heavy atom. The monoisotopic (exact) mass is 287 g/mol. The zero-order valence-electron chi connectivity index (χ0n) is 11.9. The van der Waals surface area contributed by atoms with Crippen molar-refractivity contribution in [2.24, 2.45) is 0 Å². The van der Waals surface area contributed by atoms with Crippen molar-refractivity contribution >= 4 is 29.4 Å². The van der Waals surface area contributed by atoms with Gasteiger partial charge in [-0.2, -0.15) is 0 Å². The molecule has 0 heterocycles. The highest BCUT2D eigenvalue weighted by atomic mass is 35.5. The van der Waals surface area contributed by atoms with Gasteiger partial charge in [-0.1, -0.05) is 42.0 Å². The van der Waals surface area contributed by atoms with Gasteiger partial charge in [0.2, 0.25) is 0 Å². The molecule has 0 aromatic heterocycles. The van der Waals surface area contributed by atoms with Gasteiger partial charge in [0.05, 0.1) is 7.11 Å². The fourth-order valence-corrected chi connectivity index (χ4v) is 2.07. The highest BCUT2D eigenvalue weighted by Crippen LogP contribution is 2.24. The van der Waals surface area contributed by atoms with Gasteiger partial charge in [0.15, 0.2) is 0 Å². The lowest BCUT2D eigenvalue weighted by Gasteiger charge is -2.13. The Hall–Kier alpha value is -1.93. The lowest BCUT2D eigenvalue weighted by molar-refractivity contribution is 0.415. The van der Waals surface area contributed by atoms with Gasteiger partial charge in [0.1, 0.15) is 5.75 Å². The first-order valence-electron chi connectivity index (χ1n) is 6.39. The molecule has 0 atom stereocenters. The van der Waals surface area contributed by atoms with Crippen LogP contribution < -0.4 is 9.64 Å². The molecule has 0 fully saturated rings. The summed E-state index contributed by atoms with van der Waals surface area (Å²) in [6, 6.07) is 14.0. The second-order valence-corrected chi connectivity index (χ2v) is 5.11. The van der Waals surface area contributed by atoms with Gasteiger partial charge in [0.25, 0.3) is 0 Å². The number of halogens is 1. The number of hydrogen-bond acceptors (Lipinski definition) is 2. The Labute approximate surface area is 125 Å². The van der Waals surface area contributed by atoms with Crippen LogP contribution >= 0.6 is 11.6 Å². The zero-order chi connectivity index (χ0) is 14.5. The van der Waals surface area contributed by atoms with Crippen LogP contribution in [0.5, 0.6) is 5.75 Å². The van der Waals surface area contributed by atoms with Crippen LogP contribution in [0.25, 0.3) is 12.2 Å². The number of hydrogen-bond donors (Lipinski definition) is 0. The van der Waals surface area contributed by atoms with Crippen molar-refractivity contribution in [2.75, 3.05) is 26.1 Å². The Kier molecular flexibility index (Phi) is 4.70. The SMILES string of the molecule is COc1ccc(C=Cc2ccc(N(C)C)cc2Cl)cc1. The normalized spacial score (nSPS) is 10.8. The van der Waals surface area contributed by atoms with Crippen molar-refractivity contribution < 1.29 is 4.74 Å². The molecule has 0 aliphatic heterocycles. The quantitative estimate of drug-likeness (QED) is 0.763. The van der Waals surface area contributed by atoms with E-state index in [0.717, 1.165) is 27.6 Å². The minimum absolute atomic E-state index is 0.751. The molecule has 0 aliphatic rings. The summed E-state index contributed by atoms with van der Waals surface area (Å²) in [4.78, 5) is 2.03. The van der Waals surface area contributed by atoms with Crippen LogP contribution in [0.2, 0.25) is 5.02 Å². The van der Waals surface area contributed by atoms with Crippen LogP contribution in [-0.2, 0) is 0 Å². The standard InChI is InChI=1S/C17H18ClNO/c1-19(2)15-9-8-14(17(18)12-15)7-4-13-5-10-16(20-3)11-6-13/h4-12H,1-3H3. The van der Waals surface area contributed by atoms with E-state index in [1.165, 1.54) is 0 Å². The summed E-state index contributed by atoms with van der Waals surface area (Å²) < 4.78 is 5.14. The Morgan fingerprint density at radius 2 is 1.70 bits per heavy atom. The van der Waals surface area contributed by atoms with Gasteiger partial charge >= 0.3 is 0 Å². The first-order valence-corrected chi connectivity index (χ1v) is 6.77. The predicted octanol–water partition coefficient (Wildman–Crippen LogP) is 4.59. The minimum Gasteiger partial charge on any atom is -0.497 e. The largest absolute Gasteiger partial charge is 0.497 e. The molecule has 2 nitrogen and oxygen atoms in total. The molecule has 0 bridgehead atoms. The molecule has 0 amide bonds. The number of anilines is 1. The first kappa shape index (κ1) is 14.5. The van der Waals surface area contributed by atoms with Gasteiger partial charge < -0.3 is 9.64 Å². The molecule has 0 radical (unpaired) electrons. The summed E-state index contributed by atoms with van der Waals surface area (Å²) in [6.07, 6.45) is 4.06. The van der Waals surface area contributed by atoms with Crippen molar-refractivity contribution in [1.29, 1.82) is 0 Å². The number of ether oxygens (including phenoxy) is 1. The van der Waals surface area contributed by atoms with E-state index in [2.05, 4.69) is 6.07 Å². The molecule has 0 saturated carbocycles. The van der Waals surface area contributed by atoms with Crippen LogP contribution in [0.1, 0.15) is 11.1 Å². The lowest BCUT2D eigenvalue weighted by Crippen LogP contribution is -2.08. The van der Waals surface area contributed by atoms with E-state index in [1.807, 2.05) is 67.5 Å². The summed E-state index contributed by atoms with van der Waals surface area (Å²) in [6.45, 7) is 0. The first-order chi connectivity index (χ1) is 9.60. The van der Waals surface area contributed by atoms with E-state index < -0.39 is 0 Å². The van der Waals surface area contributed by atoms with Gasteiger partial charge in [0, 0.05) is 24.8 Å². The third kappa shape index (κ3) is 3.55. The Balaban J connectivity index is 2.18. The molecule has 104 valence electrons. The van der Waals surface area contributed by atoms with Crippen LogP contribution in [0, 0.1) is 0 Å². The molecular weight excluding hydrogens is 270 g/mol.